The fraction of sp³-hybridized carbons (Fsp3) is 0.500. The number of amides is 1. The molecule has 21 heavy (non-hydrogen) atoms. The van der Waals surface area contributed by atoms with Crippen LogP contribution in [0.2, 0.25) is 0 Å². The van der Waals surface area contributed by atoms with Crippen molar-refractivity contribution in [2.45, 2.75) is 25.2 Å². The highest BCUT2D eigenvalue weighted by Gasteiger charge is 2.35. The quantitative estimate of drug-likeness (QED) is 0.926. The number of carbonyl (C=O) groups excluding carboxylic acids is 1. The molecule has 0 aromatic heterocycles. The minimum atomic E-state index is -4.37. The van der Waals surface area contributed by atoms with Gasteiger partial charge in [-0.05, 0) is 24.6 Å². The first-order valence-corrected chi connectivity index (χ1v) is 6.42. The summed E-state index contributed by atoms with van der Waals surface area (Å²) in [5.74, 6) is -0.249. The Morgan fingerprint density at radius 2 is 1.95 bits per heavy atom. The zero-order valence-electron chi connectivity index (χ0n) is 11.5. The number of nitrogens with zero attached hydrogens (tertiary/aromatic N) is 1. The topological polar surface area (TPSA) is 49.8 Å². The molecule has 1 atom stereocenters. The number of rotatable bonds is 3. The van der Waals surface area contributed by atoms with Crippen LogP contribution in [0.4, 0.5) is 13.2 Å². The molecular weight excluding hydrogens is 287 g/mol. The average molecular weight is 303 g/mol. The summed E-state index contributed by atoms with van der Waals surface area (Å²) in [6.07, 6.45) is -4.37. The number of alkyl halides is 3. The van der Waals surface area contributed by atoms with E-state index >= 15 is 0 Å². The first kappa shape index (κ1) is 15.8. The number of halogens is 3. The van der Waals surface area contributed by atoms with Crippen molar-refractivity contribution in [3.05, 3.63) is 35.4 Å². The number of ether oxygens (including phenoxy) is 1. The van der Waals surface area contributed by atoms with Crippen LogP contribution < -0.4 is 0 Å². The summed E-state index contributed by atoms with van der Waals surface area (Å²) in [6.45, 7) is 1.69. The van der Waals surface area contributed by atoms with Gasteiger partial charge < -0.3 is 14.7 Å². The average Bonchev–Trinajstić information content (AvgIpc) is 2.43. The van der Waals surface area contributed by atoms with Crippen LogP contribution in [0.15, 0.2) is 24.3 Å². The van der Waals surface area contributed by atoms with Gasteiger partial charge in [-0.3, -0.25) is 4.79 Å². The molecule has 1 heterocycles. The van der Waals surface area contributed by atoms with Crippen LogP contribution in [0.25, 0.3) is 0 Å². The molecule has 1 aliphatic rings. The molecule has 1 aliphatic heterocycles. The largest absolute Gasteiger partial charge is 0.416 e. The Hall–Kier alpha value is -1.60. The first-order chi connectivity index (χ1) is 9.73. The van der Waals surface area contributed by atoms with Crippen molar-refractivity contribution in [1.82, 2.24) is 4.90 Å². The Morgan fingerprint density at radius 3 is 2.48 bits per heavy atom. The fourth-order valence-corrected chi connectivity index (χ4v) is 2.12. The Labute approximate surface area is 120 Å². The molecule has 2 rings (SSSR count). The molecule has 116 valence electrons. The van der Waals surface area contributed by atoms with Crippen LogP contribution in [0, 0.1) is 0 Å². The molecule has 0 saturated carbocycles. The van der Waals surface area contributed by atoms with Crippen molar-refractivity contribution < 1.29 is 27.8 Å². The third kappa shape index (κ3) is 3.74. The molecule has 7 heteroatoms. The van der Waals surface area contributed by atoms with Gasteiger partial charge in [0.2, 0.25) is 5.91 Å². The molecule has 4 nitrogen and oxygen atoms in total. The van der Waals surface area contributed by atoms with Crippen molar-refractivity contribution in [3.63, 3.8) is 0 Å². The minimum absolute atomic E-state index is 0.141. The summed E-state index contributed by atoms with van der Waals surface area (Å²) in [4.78, 5) is 13.2. The highest BCUT2D eigenvalue weighted by atomic mass is 19.4. The number of carbonyl (C=O) groups is 1. The van der Waals surface area contributed by atoms with Gasteiger partial charge in [0.25, 0.3) is 0 Å². The predicted octanol–water partition coefficient (Wildman–Crippen LogP) is 1.82. The van der Waals surface area contributed by atoms with E-state index in [1.807, 2.05) is 0 Å². The normalized spacial score (nSPS) is 23.5. The lowest BCUT2D eigenvalue weighted by Crippen LogP contribution is -2.54. The van der Waals surface area contributed by atoms with Gasteiger partial charge in [-0.1, -0.05) is 12.1 Å². The third-order valence-corrected chi connectivity index (χ3v) is 3.41. The highest BCUT2D eigenvalue weighted by molar-refractivity contribution is 5.78. The van der Waals surface area contributed by atoms with Crippen LogP contribution in [-0.2, 0) is 22.3 Å². The lowest BCUT2D eigenvalue weighted by molar-refractivity contribution is -0.167. The van der Waals surface area contributed by atoms with E-state index in [9.17, 15) is 23.1 Å². The minimum Gasteiger partial charge on any atom is -0.393 e. The van der Waals surface area contributed by atoms with Crippen molar-refractivity contribution in [1.29, 1.82) is 0 Å². The van der Waals surface area contributed by atoms with Gasteiger partial charge in [-0.25, -0.2) is 0 Å². The van der Waals surface area contributed by atoms with E-state index in [0.717, 1.165) is 12.1 Å². The SMILES string of the molecule is CC1(CO)CN(Cc2ccc(C(F)(F)F)cc2)C(=O)CO1. The molecule has 0 radical (unpaired) electrons. The summed E-state index contributed by atoms with van der Waals surface area (Å²) < 4.78 is 42.7. The van der Waals surface area contributed by atoms with E-state index in [0.29, 0.717) is 5.56 Å². The maximum atomic E-state index is 12.5. The second-order valence-corrected chi connectivity index (χ2v) is 5.34. The first-order valence-electron chi connectivity index (χ1n) is 6.42. The van der Waals surface area contributed by atoms with Crippen LogP contribution in [0.5, 0.6) is 0 Å². The highest BCUT2D eigenvalue weighted by Crippen LogP contribution is 2.29. The summed E-state index contributed by atoms with van der Waals surface area (Å²) in [5.41, 5.74) is -0.960. The zero-order valence-corrected chi connectivity index (χ0v) is 11.5. The Balaban J connectivity index is 2.08. The van der Waals surface area contributed by atoms with E-state index < -0.39 is 17.3 Å². The lowest BCUT2D eigenvalue weighted by Gasteiger charge is -2.39. The Kier molecular flexibility index (Phi) is 4.25. The van der Waals surface area contributed by atoms with Crippen molar-refractivity contribution >= 4 is 5.91 Å². The summed E-state index contributed by atoms with van der Waals surface area (Å²) in [7, 11) is 0. The third-order valence-electron chi connectivity index (χ3n) is 3.41. The maximum absolute atomic E-state index is 12.5. The van der Waals surface area contributed by atoms with Crippen molar-refractivity contribution in [2.24, 2.45) is 0 Å². The smallest absolute Gasteiger partial charge is 0.393 e. The van der Waals surface area contributed by atoms with E-state index in [1.54, 1.807) is 6.92 Å². The number of hydrogen-bond acceptors (Lipinski definition) is 3. The van der Waals surface area contributed by atoms with Gasteiger partial charge in [0, 0.05) is 6.54 Å². The second kappa shape index (κ2) is 5.65. The predicted molar refractivity (Wildman–Crippen MR) is 68.3 cm³/mol. The van der Waals surface area contributed by atoms with E-state index in [2.05, 4.69) is 0 Å². The van der Waals surface area contributed by atoms with Gasteiger partial charge in [0.15, 0.2) is 0 Å². The number of aliphatic hydroxyl groups is 1. The molecular formula is C14H16F3NO3. The zero-order chi connectivity index (χ0) is 15.7. The molecule has 1 saturated heterocycles. The fourth-order valence-electron chi connectivity index (χ4n) is 2.12. The number of hydrogen-bond donors (Lipinski definition) is 1. The van der Waals surface area contributed by atoms with Gasteiger partial charge >= 0.3 is 6.18 Å². The van der Waals surface area contributed by atoms with E-state index in [1.165, 1.54) is 17.0 Å². The number of aliphatic hydroxyl groups excluding tert-OH is 1. The van der Waals surface area contributed by atoms with Gasteiger partial charge in [-0.2, -0.15) is 13.2 Å². The van der Waals surface area contributed by atoms with E-state index in [-0.39, 0.29) is 32.2 Å². The van der Waals surface area contributed by atoms with Crippen LogP contribution in [0.1, 0.15) is 18.1 Å². The molecule has 0 aliphatic carbocycles. The monoisotopic (exact) mass is 303 g/mol. The molecule has 1 amide bonds. The number of morpholine rings is 1. The Morgan fingerprint density at radius 1 is 1.33 bits per heavy atom. The van der Waals surface area contributed by atoms with Gasteiger partial charge in [-0.15, -0.1) is 0 Å². The van der Waals surface area contributed by atoms with Crippen LogP contribution in [-0.4, -0.2) is 41.3 Å². The summed E-state index contributed by atoms with van der Waals surface area (Å²) in [5, 5.41) is 9.26. The Bertz CT molecular complexity index is 515. The van der Waals surface area contributed by atoms with Crippen molar-refractivity contribution in [2.75, 3.05) is 19.8 Å². The van der Waals surface area contributed by atoms with Crippen LogP contribution in [0.3, 0.4) is 0 Å². The molecule has 1 N–H and O–H groups in total. The number of benzene rings is 1. The second-order valence-electron chi connectivity index (χ2n) is 5.34. The maximum Gasteiger partial charge on any atom is 0.416 e. The molecule has 1 aromatic carbocycles. The van der Waals surface area contributed by atoms with Gasteiger partial charge in [0.05, 0.1) is 18.7 Å². The van der Waals surface area contributed by atoms with Crippen molar-refractivity contribution in [3.8, 4) is 0 Å². The summed E-state index contributed by atoms with van der Waals surface area (Å²) in [6, 6.07) is 4.68. The molecule has 0 bridgehead atoms. The van der Waals surface area contributed by atoms with E-state index in [4.69, 9.17) is 4.74 Å². The molecule has 1 unspecified atom stereocenters. The molecule has 0 spiro atoms. The van der Waals surface area contributed by atoms with Crippen LogP contribution >= 0.6 is 0 Å². The lowest BCUT2D eigenvalue weighted by atomic mass is 10.0. The van der Waals surface area contributed by atoms with Gasteiger partial charge in [0.1, 0.15) is 12.2 Å². The molecule has 1 aromatic rings. The summed E-state index contributed by atoms with van der Waals surface area (Å²) >= 11 is 0. The standard InChI is InChI=1S/C14H16F3NO3/c1-13(9-19)8-18(12(20)7-21-13)6-10-2-4-11(5-3-10)14(15,16)17/h2-5,19H,6-9H2,1H3. The molecule has 1 fully saturated rings.